The Hall–Kier alpha value is -1.23. The van der Waals surface area contributed by atoms with Crippen LogP contribution in [0.4, 0.5) is 0 Å². The van der Waals surface area contributed by atoms with Crippen molar-refractivity contribution in [2.75, 3.05) is 0 Å². The summed E-state index contributed by atoms with van der Waals surface area (Å²) in [6.07, 6.45) is 5.20. The molecule has 0 spiro atoms. The Bertz CT molecular complexity index is 281. The molecule has 90 valence electrons. The number of hydrogen-bond acceptors (Lipinski definition) is 2. The van der Waals surface area contributed by atoms with E-state index in [4.69, 9.17) is 4.74 Å². The average Bonchev–Trinajstić information content (AvgIpc) is 2.19. The molecule has 0 aliphatic rings. The zero-order chi connectivity index (χ0) is 12.4. The summed E-state index contributed by atoms with van der Waals surface area (Å²) in [5, 5.41) is 0. The molecule has 2 heteroatoms. The van der Waals surface area contributed by atoms with Crippen LogP contribution in [0.3, 0.4) is 0 Å². The normalized spacial score (nSPS) is 11.2. The average molecular weight is 222 g/mol. The van der Waals surface area contributed by atoms with Crippen molar-refractivity contribution in [1.29, 1.82) is 0 Å². The SMILES string of the molecule is C=C(C)C#CC(CCCCCC)OC(C)=O. The van der Waals surface area contributed by atoms with Gasteiger partial charge in [0.2, 0.25) is 0 Å². The van der Waals surface area contributed by atoms with Crippen molar-refractivity contribution in [2.24, 2.45) is 0 Å². The highest BCUT2D eigenvalue weighted by molar-refractivity contribution is 5.66. The minimum Gasteiger partial charge on any atom is -0.449 e. The van der Waals surface area contributed by atoms with Crippen LogP contribution in [0.1, 0.15) is 52.9 Å². The molecule has 0 aliphatic heterocycles. The number of ether oxygens (including phenoxy) is 1. The van der Waals surface area contributed by atoms with Crippen LogP contribution in [0.2, 0.25) is 0 Å². The van der Waals surface area contributed by atoms with E-state index in [0.29, 0.717) is 0 Å². The van der Waals surface area contributed by atoms with Gasteiger partial charge in [-0.15, -0.1) is 0 Å². The molecule has 0 amide bonds. The lowest BCUT2D eigenvalue weighted by atomic mass is 10.1. The van der Waals surface area contributed by atoms with E-state index in [-0.39, 0.29) is 12.1 Å². The van der Waals surface area contributed by atoms with Crippen LogP contribution in [-0.4, -0.2) is 12.1 Å². The summed E-state index contributed by atoms with van der Waals surface area (Å²) in [6, 6.07) is 0. The van der Waals surface area contributed by atoms with Crippen molar-refractivity contribution >= 4 is 5.97 Å². The van der Waals surface area contributed by atoms with Gasteiger partial charge in [-0.3, -0.25) is 4.79 Å². The van der Waals surface area contributed by atoms with E-state index >= 15 is 0 Å². The molecule has 0 rings (SSSR count). The maximum absolute atomic E-state index is 10.9. The summed E-state index contributed by atoms with van der Waals surface area (Å²) in [6.45, 7) is 9.13. The summed E-state index contributed by atoms with van der Waals surface area (Å²) >= 11 is 0. The first kappa shape index (κ1) is 14.8. The van der Waals surface area contributed by atoms with Crippen molar-refractivity contribution in [3.63, 3.8) is 0 Å². The summed E-state index contributed by atoms with van der Waals surface area (Å²) in [5.74, 6) is 5.54. The maximum atomic E-state index is 10.9. The van der Waals surface area contributed by atoms with Crippen LogP contribution in [0, 0.1) is 11.8 Å². The monoisotopic (exact) mass is 222 g/mol. The zero-order valence-electron chi connectivity index (χ0n) is 10.6. The van der Waals surface area contributed by atoms with Gasteiger partial charge in [0, 0.05) is 6.92 Å². The van der Waals surface area contributed by atoms with E-state index in [0.717, 1.165) is 18.4 Å². The third kappa shape index (κ3) is 9.33. The number of carbonyl (C=O) groups excluding carboxylic acids is 1. The molecule has 0 heterocycles. The first-order valence-corrected chi connectivity index (χ1v) is 5.90. The molecule has 0 saturated heterocycles. The molecule has 0 aliphatic carbocycles. The zero-order valence-corrected chi connectivity index (χ0v) is 10.6. The number of esters is 1. The minimum atomic E-state index is -0.272. The Morgan fingerprint density at radius 2 is 2.00 bits per heavy atom. The highest BCUT2D eigenvalue weighted by Gasteiger charge is 2.07. The number of allylic oxidation sites excluding steroid dienone is 1. The molecule has 0 bridgehead atoms. The minimum absolute atomic E-state index is 0.267. The molecule has 1 atom stereocenters. The second kappa shape index (κ2) is 9.03. The second-order valence-corrected chi connectivity index (χ2v) is 4.00. The quantitative estimate of drug-likeness (QED) is 0.391. The molecule has 0 fully saturated rings. The lowest BCUT2D eigenvalue weighted by molar-refractivity contribution is -0.144. The molecule has 0 radical (unpaired) electrons. The molecule has 0 saturated carbocycles. The van der Waals surface area contributed by atoms with Crippen molar-refractivity contribution in [2.45, 2.75) is 59.0 Å². The Labute approximate surface area is 99.1 Å². The van der Waals surface area contributed by atoms with Gasteiger partial charge in [0.1, 0.15) is 0 Å². The van der Waals surface area contributed by atoms with Gasteiger partial charge in [0.05, 0.1) is 0 Å². The van der Waals surface area contributed by atoms with Gasteiger partial charge < -0.3 is 4.74 Å². The topological polar surface area (TPSA) is 26.3 Å². The van der Waals surface area contributed by atoms with Crippen LogP contribution in [0.15, 0.2) is 12.2 Å². The van der Waals surface area contributed by atoms with Crippen molar-refractivity contribution in [3.05, 3.63) is 12.2 Å². The molecule has 0 aromatic heterocycles. The molecule has 1 unspecified atom stereocenters. The van der Waals surface area contributed by atoms with Gasteiger partial charge >= 0.3 is 5.97 Å². The van der Waals surface area contributed by atoms with Gasteiger partial charge in [0.25, 0.3) is 0 Å². The lowest BCUT2D eigenvalue weighted by Gasteiger charge is -2.10. The third-order valence-electron chi connectivity index (χ3n) is 2.07. The standard InChI is InChI=1S/C14H22O2/c1-5-6-7-8-9-14(16-13(4)15)11-10-12(2)3/h14H,2,5-9H2,1,3-4H3. The predicted octanol–water partition coefficient (Wildman–Crippen LogP) is 3.47. The fourth-order valence-corrected chi connectivity index (χ4v) is 1.32. The molecule has 16 heavy (non-hydrogen) atoms. The molecule has 0 N–H and O–H groups in total. The molecular weight excluding hydrogens is 200 g/mol. The fraction of sp³-hybridized carbons (Fsp3) is 0.643. The number of carbonyl (C=O) groups is 1. The molecule has 0 aromatic carbocycles. The highest BCUT2D eigenvalue weighted by Crippen LogP contribution is 2.08. The van der Waals surface area contributed by atoms with Crippen LogP contribution in [0.5, 0.6) is 0 Å². The molecular formula is C14H22O2. The van der Waals surface area contributed by atoms with Crippen LogP contribution < -0.4 is 0 Å². The molecule has 2 nitrogen and oxygen atoms in total. The van der Waals surface area contributed by atoms with Gasteiger partial charge in [0.15, 0.2) is 6.10 Å². The largest absolute Gasteiger partial charge is 0.449 e. The van der Waals surface area contributed by atoms with Gasteiger partial charge in [-0.05, 0) is 25.3 Å². The van der Waals surface area contributed by atoms with Crippen LogP contribution in [-0.2, 0) is 9.53 Å². The first-order valence-electron chi connectivity index (χ1n) is 5.90. The van der Waals surface area contributed by atoms with Crippen LogP contribution in [0.25, 0.3) is 0 Å². The Morgan fingerprint density at radius 1 is 1.31 bits per heavy atom. The van der Waals surface area contributed by atoms with E-state index in [1.54, 1.807) is 0 Å². The van der Waals surface area contributed by atoms with Crippen molar-refractivity contribution in [1.82, 2.24) is 0 Å². The van der Waals surface area contributed by atoms with E-state index < -0.39 is 0 Å². The third-order valence-corrected chi connectivity index (χ3v) is 2.07. The number of unbranched alkanes of at least 4 members (excludes halogenated alkanes) is 3. The number of hydrogen-bond donors (Lipinski definition) is 0. The van der Waals surface area contributed by atoms with E-state index in [1.807, 2.05) is 6.92 Å². The Balaban J connectivity index is 4.07. The fourth-order valence-electron chi connectivity index (χ4n) is 1.32. The van der Waals surface area contributed by atoms with E-state index in [9.17, 15) is 4.79 Å². The first-order chi connectivity index (χ1) is 7.56. The predicted molar refractivity (Wildman–Crippen MR) is 66.9 cm³/mol. The second-order valence-electron chi connectivity index (χ2n) is 4.00. The van der Waals surface area contributed by atoms with Crippen LogP contribution >= 0.6 is 0 Å². The Kier molecular flexibility index (Phi) is 8.34. The number of rotatable bonds is 6. The summed E-state index contributed by atoms with van der Waals surface area (Å²) in [5.41, 5.74) is 0.797. The van der Waals surface area contributed by atoms with Crippen molar-refractivity contribution < 1.29 is 9.53 Å². The van der Waals surface area contributed by atoms with Crippen molar-refractivity contribution in [3.8, 4) is 11.8 Å². The summed E-state index contributed by atoms with van der Waals surface area (Å²) < 4.78 is 5.13. The van der Waals surface area contributed by atoms with Gasteiger partial charge in [-0.2, -0.15) is 0 Å². The van der Waals surface area contributed by atoms with E-state index in [2.05, 4.69) is 25.3 Å². The van der Waals surface area contributed by atoms with Gasteiger partial charge in [-0.25, -0.2) is 0 Å². The van der Waals surface area contributed by atoms with Gasteiger partial charge in [-0.1, -0.05) is 44.6 Å². The van der Waals surface area contributed by atoms with E-state index in [1.165, 1.54) is 26.2 Å². The summed E-state index contributed by atoms with van der Waals surface area (Å²) in [4.78, 5) is 10.9. The smallest absolute Gasteiger partial charge is 0.303 e. The summed E-state index contributed by atoms with van der Waals surface area (Å²) in [7, 11) is 0. The maximum Gasteiger partial charge on any atom is 0.303 e. The Morgan fingerprint density at radius 3 is 2.50 bits per heavy atom. The molecule has 0 aromatic rings. The highest BCUT2D eigenvalue weighted by atomic mass is 16.5. The lowest BCUT2D eigenvalue weighted by Crippen LogP contribution is -2.14.